The summed E-state index contributed by atoms with van der Waals surface area (Å²) in [5.41, 5.74) is 6.88. The third-order valence-corrected chi connectivity index (χ3v) is 9.47. The minimum Gasteiger partial charge on any atom is -0.456 e. The number of rotatable bonds is 4. The predicted molar refractivity (Wildman–Crippen MR) is 201 cm³/mol. The van der Waals surface area contributed by atoms with E-state index in [1.165, 1.54) is 16.2 Å². The van der Waals surface area contributed by atoms with Crippen LogP contribution in [-0.2, 0) is 0 Å². The standard InChI is InChI=1S/C45H27N3O/c1-2-10-30(11-3-1)43-46-44(36-20-17-28-9-4-5-12-31(28)23-36)48-45(47-43)37-16-8-15-29-18-19-34(24-38(29)37)35-21-22-41-39(26-35)40-25-32-13-6-7-14-33(32)27-42(40)49-41/h1-27H. The highest BCUT2D eigenvalue weighted by molar-refractivity contribution is 6.11. The number of hydrogen-bond acceptors (Lipinski definition) is 4. The SMILES string of the molecule is c1ccc(-c2nc(-c3ccc4ccccc4c3)nc(-c3cccc4ccc(-c5ccc6oc7cc8ccccc8cc7c6c5)cc34)n2)cc1. The molecule has 0 unspecified atom stereocenters. The van der Waals surface area contributed by atoms with Crippen LogP contribution in [0.2, 0.25) is 0 Å². The second kappa shape index (κ2) is 11.0. The van der Waals surface area contributed by atoms with Crippen LogP contribution in [0.1, 0.15) is 0 Å². The van der Waals surface area contributed by atoms with Gasteiger partial charge in [-0.05, 0) is 79.8 Å². The fourth-order valence-corrected chi connectivity index (χ4v) is 6.96. The molecule has 10 rings (SSSR count). The Morgan fingerprint density at radius 1 is 0.306 bits per heavy atom. The molecule has 0 amide bonds. The van der Waals surface area contributed by atoms with Crippen molar-refractivity contribution in [2.24, 2.45) is 0 Å². The van der Waals surface area contributed by atoms with Crippen molar-refractivity contribution < 1.29 is 4.42 Å². The molecule has 0 fully saturated rings. The van der Waals surface area contributed by atoms with Gasteiger partial charge < -0.3 is 4.42 Å². The highest BCUT2D eigenvalue weighted by Gasteiger charge is 2.16. The molecule has 10 aromatic rings. The van der Waals surface area contributed by atoms with Crippen LogP contribution in [-0.4, -0.2) is 15.0 Å². The van der Waals surface area contributed by atoms with E-state index in [1.54, 1.807) is 0 Å². The molecule has 228 valence electrons. The molecule has 0 N–H and O–H groups in total. The zero-order valence-electron chi connectivity index (χ0n) is 26.3. The minimum atomic E-state index is 0.642. The molecule has 0 aliphatic carbocycles. The van der Waals surface area contributed by atoms with Gasteiger partial charge in [0.15, 0.2) is 17.5 Å². The molecule has 4 heteroatoms. The maximum absolute atomic E-state index is 6.30. The molecule has 0 bridgehead atoms. The van der Waals surface area contributed by atoms with E-state index in [0.29, 0.717) is 17.5 Å². The Kier molecular flexibility index (Phi) is 6.15. The van der Waals surface area contributed by atoms with Gasteiger partial charge in [0.05, 0.1) is 0 Å². The first-order valence-electron chi connectivity index (χ1n) is 16.4. The lowest BCUT2D eigenvalue weighted by Crippen LogP contribution is -2.00. The van der Waals surface area contributed by atoms with Gasteiger partial charge in [0.2, 0.25) is 0 Å². The zero-order chi connectivity index (χ0) is 32.3. The fourth-order valence-electron chi connectivity index (χ4n) is 6.96. The van der Waals surface area contributed by atoms with E-state index in [9.17, 15) is 0 Å². The summed E-state index contributed by atoms with van der Waals surface area (Å²) >= 11 is 0. The van der Waals surface area contributed by atoms with E-state index in [0.717, 1.165) is 65.9 Å². The van der Waals surface area contributed by atoms with Crippen LogP contribution in [0.4, 0.5) is 0 Å². The van der Waals surface area contributed by atoms with E-state index in [1.807, 2.05) is 30.3 Å². The quantitative estimate of drug-likeness (QED) is 0.195. The van der Waals surface area contributed by atoms with E-state index < -0.39 is 0 Å². The lowest BCUT2D eigenvalue weighted by Gasteiger charge is -2.12. The third kappa shape index (κ3) is 4.73. The Bertz CT molecular complexity index is 2890. The molecule has 0 aliphatic heterocycles. The summed E-state index contributed by atoms with van der Waals surface area (Å²) < 4.78 is 6.30. The summed E-state index contributed by atoms with van der Waals surface area (Å²) in [6, 6.07) is 57.1. The zero-order valence-corrected chi connectivity index (χ0v) is 26.3. The average molecular weight is 626 g/mol. The van der Waals surface area contributed by atoms with Gasteiger partial charge in [-0.3, -0.25) is 0 Å². The first-order valence-corrected chi connectivity index (χ1v) is 16.4. The Balaban J connectivity index is 1.14. The van der Waals surface area contributed by atoms with Gasteiger partial charge in [-0.2, -0.15) is 0 Å². The van der Waals surface area contributed by atoms with E-state index in [4.69, 9.17) is 19.4 Å². The number of benzene rings is 8. The molecule has 0 aliphatic rings. The van der Waals surface area contributed by atoms with Crippen molar-refractivity contribution in [2.45, 2.75) is 0 Å². The summed E-state index contributed by atoms with van der Waals surface area (Å²) in [4.78, 5) is 15.2. The lowest BCUT2D eigenvalue weighted by molar-refractivity contribution is 0.669. The van der Waals surface area contributed by atoms with Crippen molar-refractivity contribution in [3.8, 4) is 45.3 Å². The Labute approximate surface area is 282 Å². The van der Waals surface area contributed by atoms with Crippen molar-refractivity contribution in [3.05, 3.63) is 164 Å². The maximum Gasteiger partial charge on any atom is 0.164 e. The molecule has 8 aromatic carbocycles. The van der Waals surface area contributed by atoms with Crippen molar-refractivity contribution in [2.75, 3.05) is 0 Å². The Morgan fingerprint density at radius 3 is 1.69 bits per heavy atom. The van der Waals surface area contributed by atoms with Gasteiger partial charge in [-0.25, -0.2) is 15.0 Å². The van der Waals surface area contributed by atoms with Gasteiger partial charge in [0, 0.05) is 27.5 Å². The van der Waals surface area contributed by atoms with E-state index in [2.05, 4.69) is 133 Å². The van der Waals surface area contributed by atoms with Crippen LogP contribution in [0.15, 0.2) is 168 Å². The van der Waals surface area contributed by atoms with Gasteiger partial charge in [-0.15, -0.1) is 0 Å². The largest absolute Gasteiger partial charge is 0.456 e. The summed E-state index contributed by atoms with van der Waals surface area (Å²) in [6.07, 6.45) is 0. The Hall–Kier alpha value is -6.65. The maximum atomic E-state index is 6.30. The molecule has 49 heavy (non-hydrogen) atoms. The van der Waals surface area contributed by atoms with Crippen LogP contribution in [0.5, 0.6) is 0 Å². The van der Waals surface area contributed by atoms with Gasteiger partial charge in [0.25, 0.3) is 0 Å². The third-order valence-electron chi connectivity index (χ3n) is 9.47. The van der Waals surface area contributed by atoms with E-state index in [-0.39, 0.29) is 0 Å². The molecular weight excluding hydrogens is 599 g/mol. The van der Waals surface area contributed by atoms with E-state index >= 15 is 0 Å². The average Bonchev–Trinajstić information content (AvgIpc) is 3.53. The number of aromatic nitrogens is 3. The van der Waals surface area contributed by atoms with Gasteiger partial charge in [0.1, 0.15) is 11.2 Å². The normalized spacial score (nSPS) is 11.7. The summed E-state index contributed by atoms with van der Waals surface area (Å²) in [5.74, 6) is 1.93. The van der Waals surface area contributed by atoms with Crippen molar-refractivity contribution in [1.29, 1.82) is 0 Å². The van der Waals surface area contributed by atoms with Gasteiger partial charge >= 0.3 is 0 Å². The van der Waals surface area contributed by atoms with Gasteiger partial charge in [-0.1, -0.05) is 127 Å². The first kappa shape index (κ1) is 27.5. The highest BCUT2D eigenvalue weighted by Crippen LogP contribution is 2.37. The summed E-state index contributed by atoms with van der Waals surface area (Å²) in [6.45, 7) is 0. The number of fused-ring (bicyclic) bond motifs is 6. The molecular formula is C45H27N3O. The minimum absolute atomic E-state index is 0.642. The van der Waals surface area contributed by atoms with Crippen molar-refractivity contribution in [3.63, 3.8) is 0 Å². The summed E-state index contributed by atoms with van der Waals surface area (Å²) in [7, 11) is 0. The topological polar surface area (TPSA) is 51.8 Å². The number of hydrogen-bond donors (Lipinski definition) is 0. The van der Waals surface area contributed by atoms with Crippen LogP contribution in [0, 0.1) is 0 Å². The first-order chi connectivity index (χ1) is 24.2. The molecule has 0 spiro atoms. The predicted octanol–water partition coefficient (Wildman–Crippen LogP) is 11.9. The monoisotopic (exact) mass is 625 g/mol. The molecule has 0 radical (unpaired) electrons. The Morgan fingerprint density at radius 2 is 0.878 bits per heavy atom. The van der Waals surface area contributed by atoms with Crippen LogP contribution >= 0.6 is 0 Å². The number of nitrogens with zero attached hydrogens (tertiary/aromatic N) is 3. The fraction of sp³-hybridized carbons (Fsp3) is 0. The van der Waals surface area contributed by atoms with Crippen LogP contribution in [0.3, 0.4) is 0 Å². The second-order valence-electron chi connectivity index (χ2n) is 12.5. The lowest BCUT2D eigenvalue weighted by atomic mass is 9.96. The molecule has 0 saturated heterocycles. The molecule has 0 saturated carbocycles. The summed E-state index contributed by atoms with van der Waals surface area (Å²) in [5, 5.41) is 9.14. The molecule has 0 atom stereocenters. The smallest absolute Gasteiger partial charge is 0.164 e. The second-order valence-corrected chi connectivity index (χ2v) is 12.5. The molecule has 2 aromatic heterocycles. The van der Waals surface area contributed by atoms with Crippen LogP contribution in [0.25, 0.3) is 99.5 Å². The molecule has 2 heterocycles. The molecule has 4 nitrogen and oxygen atoms in total. The van der Waals surface area contributed by atoms with Crippen molar-refractivity contribution in [1.82, 2.24) is 15.0 Å². The number of furan rings is 1. The van der Waals surface area contributed by atoms with Crippen molar-refractivity contribution >= 4 is 54.3 Å². The highest BCUT2D eigenvalue weighted by atomic mass is 16.3. The van der Waals surface area contributed by atoms with Crippen LogP contribution < -0.4 is 0 Å².